The summed E-state index contributed by atoms with van der Waals surface area (Å²) in [5.74, 6) is 0.619. The van der Waals surface area contributed by atoms with Gasteiger partial charge in [-0.2, -0.15) is 4.31 Å². The Balaban J connectivity index is 1.67. The van der Waals surface area contributed by atoms with Crippen molar-refractivity contribution < 1.29 is 27.6 Å². The summed E-state index contributed by atoms with van der Waals surface area (Å²) in [6.07, 6.45) is 0. The Morgan fingerprint density at radius 3 is 2.38 bits per heavy atom. The number of halogens is 1. The number of nitrogens with zero attached hydrogens (tertiary/aromatic N) is 2. The van der Waals surface area contributed by atoms with Crippen molar-refractivity contribution in [2.45, 2.75) is 4.90 Å². The SMILES string of the molecule is O=[N+]([O-])c1cc(S(=O)(=O)N2CCOCC2)ccc1OCCOc1ccc(Br)cc1. The van der Waals surface area contributed by atoms with Crippen LogP contribution < -0.4 is 9.47 Å². The number of hydrogen-bond donors (Lipinski definition) is 0. The van der Waals surface area contributed by atoms with E-state index >= 15 is 0 Å². The van der Waals surface area contributed by atoms with Crippen LogP contribution in [0.3, 0.4) is 0 Å². The van der Waals surface area contributed by atoms with E-state index in [0.29, 0.717) is 19.0 Å². The number of benzene rings is 2. The molecule has 1 saturated heterocycles. The Kier molecular flexibility index (Phi) is 7.06. The molecule has 0 amide bonds. The maximum atomic E-state index is 12.7. The van der Waals surface area contributed by atoms with Crippen molar-refractivity contribution in [2.75, 3.05) is 39.5 Å². The van der Waals surface area contributed by atoms with Crippen LogP contribution >= 0.6 is 15.9 Å². The van der Waals surface area contributed by atoms with E-state index in [4.69, 9.17) is 14.2 Å². The highest BCUT2D eigenvalue weighted by Gasteiger charge is 2.29. The van der Waals surface area contributed by atoms with Gasteiger partial charge in [0.1, 0.15) is 19.0 Å². The molecule has 0 spiro atoms. The summed E-state index contributed by atoms with van der Waals surface area (Å²) in [4.78, 5) is 10.6. The number of nitro groups is 1. The molecule has 2 aromatic rings. The Morgan fingerprint density at radius 1 is 1.07 bits per heavy atom. The number of ether oxygens (including phenoxy) is 3. The molecule has 0 radical (unpaired) electrons. The van der Waals surface area contributed by atoms with Crippen molar-refractivity contribution in [3.05, 3.63) is 57.1 Å². The number of hydrogen-bond acceptors (Lipinski definition) is 7. The number of nitro benzene ring substituents is 1. The molecule has 2 aromatic carbocycles. The van der Waals surface area contributed by atoms with Crippen LogP contribution in [0.25, 0.3) is 0 Å². The number of sulfonamides is 1. The zero-order chi connectivity index (χ0) is 20.9. The van der Waals surface area contributed by atoms with Gasteiger partial charge >= 0.3 is 5.69 Å². The first-order valence-corrected chi connectivity index (χ1v) is 11.0. The summed E-state index contributed by atoms with van der Waals surface area (Å²) in [5, 5.41) is 11.4. The van der Waals surface area contributed by atoms with E-state index < -0.39 is 20.6 Å². The van der Waals surface area contributed by atoms with Crippen LogP contribution in [-0.4, -0.2) is 57.2 Å². The first-order chi connectivity index (χ1) is 13.9. The topological polar surface area (TPSA) is 108 Å². The molecular weight excluding hydrogens is 468 g/mol. The lowest BCUT2D eigenvalue weighted by Crippen LogP contribution is -2.40. The fraction of sp³-hybridized carbons (Fsp3) is 0.333. The van der Waals surface area contributed by atoms with Crippen LogP contribution in [0.1, 0.15) is 0 Å². The average Bonchev–Trinajstić information content (AvgIpc) is 2.73. The van der Waals surface area contributed by atoms with Crippen molar-refractivity contribution in [1.82, 2.24) is 4.31 Å². The van der Waals surface area contributed by atoms with Gasteiger partial charge in [-0.1, -0.05) is 15.9 Å². The van der Waals surface area contributed by atoms with Crippen molar-refractivity contribution in [2.24, 2.45) is 0 Å². The van der Waals surface area contributed by atoms with Crippen LogP contribution in [0.4, 0.5) is 5.69 Å². The standard InChI is InChI=1S/C18H19BrN2O7S/c19-14-1-3-15(4-2-14)27-11-12-28-18-6-5-16(13-17(18)21(22)23)29(24,25)20-7-9-26-10-8-20/h1-6,13H,7-12H2. The molecule has 156 valence electrons. The quantitative estimate of drug-likeness (QED) is 0.320. The van der Waals surface area contributed by atoms with Gasteiger partial charge in [0, 0.05) is 23.6 Å². The summed E-state index contributed by atoms with van der Waals surface area (Å²) in [7, 11) is -3.83. The molecule has 1 aliphatic rings. The summed E-state index contributed by atoms with van der Waals surface area (Å²) in [6.45, 7) is 1.24. The monoisotopic (exact) mass is 486 g/mol. The highest BCUT2D eigenvalue weighted by atomic mass is 79.9. The Labute approximate surface area is 176 Å². The van der Waals surface area contributed by atoms with E-state index in [1.54, 1.807) is 12.1 Å². The van der Waals surface area contributed by atoms with Gasteiger partial charge < -0.3 is 14.2 Å². The van der Waals surface area contributed by atoms with Gasteiger partial charge in [0.05, 0.1) is 23.0 Å². The number of morpholine rings is 1. The molecule has 0 N–H and O–H groups in total. The second-order valence-corrected chi connectivity index (χ2v) is 8.91. The predicted molar refractivity (Wildman–Crippen MR) is 108 cm³/mol. The molecule has 1 heterocycles. The largest absolute Gasteiger partial charge is 0.490 e. The molecule has 0 aliphatic carbocycles. The molecule has 11 heteroatoms. The van der Waals surface area contributed by atoms with E-state index in [-0.39, 0.29) is 36.9 Å². The van der Waals surface area contributed by atoms with E-state index in [0.717, 1.165) is 10.5 Å². The molecular formula is C18H19BrN2O7S. The van der Waals surface area contributed by atoms with Crippen molar-refractivity contribution in [3.63, 3.8) is 0 Å². The summed E-state index contributed by atoms with van der Waals surface area (Å²) >= 11 is 3.33. The predicted octanol–water partition coefficient (Wildman–Crippen LogP) is 2.84. The van der Waals surface area contributed by atoms with Crippen LogP contribution in [0.2, 0.25) is 0 Å². The van der Waals surface area contributed by atoms with E-state index in [1.165, 1.54) is 16.4 Å². The van der Waals surface area contributed by atoms with Crippen LogP contribution in [0.15, 0.2) is 51.8 Å². The third-order valence-corrected chi connectivity index (χ3v) is 6.58. The van der Waals surface area contributed by atoms with Gasteiger partial charge in [-0.05, 0) is 36.4 Å². The van der Waals surface area contributed by atoms with E-state index in [2.05, 4.69) is 15.9 Å². The second-order valence-electron chi connectivity index (χ2n) is 6.05. The Bertz CT molecular complexity index is 961. The maximum Gasteiger partial charge on any atom is 0.312 e. The summed E-state index contributed by atoms with van der Waals surface area (Å²) in [5.41, 5.74) is -0.414. The first-order valence-electron chi connectivity index (χ1n) is 8.75. The molecule has 0 bridgehead atoms. The minimum Gasteiger partial charge on any atom is -0.490 e. The lowest BCUT2D eigenvalue weighted by atomic mass is 10.3. The Hall–Kier alpha value is -2.21. The van der Waals surface area contributed by atoms with Crippen molar-refractivity contribution in [3.8, 4) is 11.5 Å². The third-order valence-electron chi connectivity index (χ3n) is 4.16. The van der Waals surface area contributed by atoms with Crippen molar-refractivity contribution >= 4 is 31.6 Å². The lowest BCUT2D eigenvalue weighted by Gasteiger charge is -2.26. The average molecular weight is 487 g/mol. The Morgan fingerprint density at radius 2 is 1.72 bits per heavy atom. The van der Waals surface area contributed by atoms with Gasteiger partial charge in [-0.15, -0.1) is 0 Å². The van der Waals surface area contributed by atoms with Crippen LogP contribution in [0, 0.1) is 10.1 Å². The van der Waals surface area contributed by atoms with Crippen LogP contribution in [-0.2, 0) is 14.8 Å². The molecule has 9 nitrogen and oxygen atoms in total. The van der Waals surface area contributed by atoms with Crippen molar-refractivity contribution in [1.29, 1.82) is 0 Å². The van der Waals surface area contributed by atoms with Gasteiger partial charge in [0.15, 0.2) is 5.75 Å². The molecule has 0 unspecified atom stereocenters. The first kappa shape index (κ1) is 21.5. The fourth-order valence-corrected chi connectivity index (χ4v) is 4.39. The molecule has 3 rings (SSSR count). The molecule has 1 fully saturated rings. The summed E-state index contributed by atoms with van der Waals surface area (Å²) in [6, 6.07) is 10.8. The lowest BCUT2D eigenvalue weighted by molar-refractivity contribution is -0.386. The molecule has 29 heavy (non-hydrogen) atoms. The van der Waals surface area contributed by atoms with E-state index in [9.17, 15) is 18.5 Å². The minimum atomic E-state index is -3.83. The summed E-state index contributed by atoms with van der Waals surface area (Å²) < 4.78 is 43.7. The highest BCUT2D eigenvalue weighted by molar-refractivity contribution is 9.10. The maximum absolute atomic E-state index is 12.7. The zero-order valence-corrected chi connectivity index (χ0v) is 17.7. The fourth-order valence-electron chi connectivity index (χ4n) is 2.70. The van der Waals surface area contributed by atoms with Gasteiger partial charge in [0.2, 0.25) is 10.0 Å². The van der Waals surface area contributed by atoms with Crippen LogP contribution in [0.5, 0.6) is 11.5 Å². The van der Waals surface area contributed by atoms with Gasteiger partial charge in [-0.25, -0.2) is 8.42 Å². The van der Waals surface area contributed by atoms with Gasteiger partial charge in [-0.3, -0.25) is 10.1 Å². The molecule has 1 aliphatic heterocycles. The zero-order valence-electron chi connectivity index (χ0n) is 15.3. The second kappa shape index (κ2) is 9.53. The smallest absolute Gasteiger partial charge is 0.312 e. The van der Waals surface area contributed by atoms with E-state index in [1.807, 2.05) is 12.1 Å². The minimum absolute atomic E-state index is 0.0182. The normalized spacial score (nSPS) is 15.1. The molecule has 0 aromatic heterocycles. The highest BCUT2D eigenvalue weighted by Crippen LogP contribution is 2.31. The number of rotatable bonds is 8. The van der Waals surface area contributed by atoms with Gasteiger partial charge in [0.25, 0.3) is 0 Å². The molecule has 0 atom stereocenters. The third kappa shape index (κ3) is 5.44. The molecule has 0 saturated carbocycles.